The lowest BCUT2D eigenvalue weighted by Crippen LogP contribution is -2.21. The van der Waals surface area contributed by atoms with Gasteiger partial charge in [-0.2, -0.15) is 0 Å². The zero-order valence-electron chi connectivity index (χ0n) is 10.2. The molecule has 2 aromatic rings. The maximum Gasteiger partial charge on any atom is 0.137 e. The van der Waals surface area contributed by atoms with Crippen LogP contribution >= 0.6 is 0 Å². The van der Waals surface area contributed by atoms with Crippen molar-refractivity contribution in [3.8, 4) is 5.75 Å². The van der Waals surface area contributed by atoms with E-state index in [2.05, 4.69) is 34.6 Å². The van der Waals surface area contributed by atoms with E-state index in [1.165, 1.54) is 11.3 Å². The monoisotopic (exact) mass is 240 g/mol. The molecule has 92 valence electrons. The standard InChI is InChI=1S/C15H16N2O/c1-2-6-15-14(5-1)12(7-9-17-15)11-18-13-4-3-8-16-10-13/h1-6,8,10,12,17H,7,9,11H2. The average Bonchev–Trinajstić information content (AvgIpc) is 2.46. The molecule has 0 saturated heterocycles. The topological polar surface area (TPSA) is 34.1 Å². The van der Waals surface area contributed by atoms with Crippen LogP contribution in [-0.2, 0) is 0 Å². The molecule has 1 aromatic carbocycles. The number of hydrogen-bond acceptors (Lipinski definition) is 3. The summed E-state index contributed by atoms with van der Waals surface area (Å²) in [6.45, 7) is 1.72. The molecular formula is C15H16N2O. The average molecular weight is 240 g/mol. The molecule has 0 saturated carbocycles. The highest BCUT2D eigenvalue weighted by molar-refractivity contribution is 5.54. The van der Waals surface area contributed by atoms with E-state index in [0.717, 1.165) is 18.7 Å². The van der Waals surface area contributed by atoms with Crippen molar-refractivity contribution in [1.82, 2.24) is 4.98 Å². The van der Waals surface area contributed by atoms with Crippen LogP contribution in [0.15, 0.2) is 48.8 Å². The Morgan fingerprint density at radius 2 is 2.17 bits per heavy atom. The van der Waals surface area contributed by atoms with Crippen LogP contribution in [0.25, 0.3) is 0 Å². The molecule has 0 bridgehead atoms. The van der Waals surface area contributed by atoms with Gasteiger partial charge in [0, 0.05) is 24.3 Å². The molecule has 0 spiro atoms. The molecule has 1 aliphatic heterocycles. The third-order valence-electron chi connectivity index (χ3n) is 3.29. The summed E-state index contributed by atoms with van der Waals surface area (Å²) in [5.41, 5.74) is 2.59. The summed E-state index contributed by atoms with van der Waals surface area (Å²) in [5, 5.41) is 3.42. The number of rotatable bonds is 3. The second kappa shape index (κ2) is 5.08. The maximum atomic E-state index is 5.81. The predicted octanol–water partition coefficient (Wildman–Crippen LogP) is 3.06. The molecule has 1 aromatic heterocycles. The van der Waals surface area contributed by atoms with Crippen LogP contribution in [0.1, 0.15) is 17.9 Å². The van der Waals surface area contributed by atoms with Crippen LogP contribution in [0.2, 0.25) is 0 Å². The first kappa shape index (κ1) is 11.1. The van der Waals surface area contributed by atoms with E-state index in [9.17, 15) is 0 Å². The molecule has 2 heterocycles. The summed E-state index contributed by atoms with van der Waals surface area (Å²) in [7, 11) is 0. The van der Waals surface area contributed by atoms with Crippen LogP contribution in [-0.4, -0.2) is 18.1 Å². The van der Waals surface area contributed by atoms with E-state index in [1.807, 2.05) is 12.1 Å². The summed E-state index contributed by atoms with van der Waals surface area (Å²) >= 11 is 0. The second-order valence-electron chi connectivity index (χ2n) is 4.50. The summed E-state index contributed by atoms with van der Waals surface area (Å²) in [5.74, 6) is 1.30. The van der Waals surface area contributed by atoms with Gasteiger partial charge in [-0.15, -0.1) is 0 Å². The molecule has 1 unspecified atom stereocenters. The third-order valence-corrected chi connectivity index (χ3v) is 3.29. The number of para-hydroxylation sites is 1. The van der Waals surface area contributed by atoms with Crippen molar-refractivity contribution >= 4 is 5.69 Å². The highest BCUT2D eigenvalue weighted by atomic mass is 16.5. The van der Waals surface area contributed by atoms with Gasteiger partial charge in [0.1, 0.15) is 5.75 Å². The van der Waals surface area contributed by atoms with Crippen molar-refractivity contribution < 1.29 is 4.74 Å². The third kappa shape index (κ3) is 2.30. The summed E-state index contributed by atoms with van der Waals surface area (Å²) in [6, 6.07) is 12.3. The van der Waals surface area contributed by atoms with Crippen LogP contribution in [0.3, 0.4) is 0 Å². The first-order chi connectivity index (χ1) is 8.93. The van der Waals surface area contributed by atoms with Crippen LogP contribution in [0.4, 0.5) is 5.69 Å². The predicted molar refractivity (Wildman–Crippen MR) is 72.0 cm³/mol. The molecule has 3 nitrogen and oxygen atoms in total. The first-order valence-corrected chi connectivity index (χ1v) is 6.29. The van der Waals surface area contributed by atoms with Gasteiger partial charge in [-0.25, -0.2) is 0 Å². The Balaban J connectivity index is 1.71. The molecule has 1 N–H and O–H groups in total. The number of aromatic nitrogens is 1. The van der Waals surface area contributed by atoms with Crippen molar-refractivity contribution in [2.45, 2.75) is 12.3 Å². The molecule has 3 rings (SSSR count). The van der Waals surface area contributed by atoms with E-state index in [0.29, 0.717) is 12.5 Å². The number of nitrogens with zero attached hydrogens (tertiary/aromatic N) is 1. The lowest BCUT2D eigenvalue weighted by atomic mass is 9.92. The van der Waals surface area contributed by atoms with Gasteiger partial charge in [-0.05, 0) is 30.2 Å². The number of hydrogen-bond donors (Lipinski definition) is 1. The molecule has 0 amide bonds. The molecule has 0 fully saturated rings. The van der Waals surface area contributed by atoms with E-state index in [4.69, 9.17) is 4.74 Å². The van der Waals surface area contributed by atoms with Gasteiger partial charge in [0.05, 0.1) is 12.8 Å². The normalized spacial score (nSPS) is 17.7. The van der Waals surface area contributed by atoms with Crippen molar-refractivity contribution in [3.05, 3.63) is 54.4 Å². The maximum absolute atomic E-state index is 5.81. The smallest absolute Gasteiger partial charge is 0.137 e. The summed E-state index contributed by atoms with van der Waals surface area (Å²) in [4.78, 5) is 4.06. The Morgan fingerprint density at radius 3 is 3.06 bits per heavy atom. The molecule has 3 heteroatoms. The molecule has 0 aliphatic carbocycles. The minimum absolute atomic E-state index is 0.461. The van der Waals surface area contributed by atoms with Crippen molar-refractivity contribution in [2.75, 3.05) is 18.5 Å². The van der Waals surface area contributed by atoms with Crippen molar-refractivity contribution in [3.63, 3.8) is 0 Å². The van der Waals surface area contributed by atoms with Crippen LogP contribution in [0.5, 0.6) is 5.75 Å². The van der Waals surface area contributed by atoms with Gasteiger partial charge in [0.25, 0.3) is 0 Å². The summed E-state index contributed by atoms with van der Waals surface area (Å²) < 4.78 is 5.81. The van der Waals surface area contributed by atoms with E-state index in [1.54, 1.807) is 12.4 Å². The van der Waals surface area contributed by atoms with Gasteiger partial charge >= 0.3 is 0 Å². The highest BCUT2D eigenvalue weighted by Crippen LogP contribution is 2.31. The lowest BCUT2D eigenvalue weighted by Gasteiger charge is -2.26. The fourth-order valence-corrected chi connectivity index (χ4v) is 2.35. The van der Waals surface area contributed by atoms with Gasteiger partial charge in [0.2, 0.25) is 0 Å². The number of fused-ring (bicyclic) bond motifs is 1. The van der Waals surface area contributed by atoms with Gasteiger partial charge < -0.3 is 10.1 Å². The van der Waals surface area contributed by atoms with Crippen molar-refractivity contribution in [2.24, 2.45) is 0 Å². The van der Waals surface area contributed by atoms with Crippen LogP contribution < -0.4 is 10.1 Å². The number of ether oxygens (including phenoxy) is 1. The zero-order chi connectivity index (χ0) is 12.2. The van der Waals surface area contributed by atoms with E-state index < -0.39 is 0 Å². The largest absolute Gasteiger partial charge is 0.491 e. The Hall–Kier alpha value is -2.03. The Bertz CT molecular complexity index is 513. The summed E-state index contributed by atoms with van der Waals surface area (Å²) in [6.07, 6.45) is 4.62. The number of benzene rings is 1. The fourth-order valence-electron chi connectivity index (χ4n) is 2.35. The Labute approximate surface area is 107 Å². The Morgan fingerprint density at radius 1 is 1.22 bits per heavy atom. The number of anilines is 1. The van der Waals surface area contributed by atoms with Crippen LogP contribution in [0, 0.1) is 0 Å². The Kier molecular flexibility index (Phi) is 3.13. The second-order valence-corrected chi connectivity index (χ2v) is 4.50. The quantitative estimate of drug-likeness (QED) is 0.895. The zero-order valence-corrected chi connectivity index (χ0v) is 10.2. The molecule has 0 radical (unpaired) electrons. The molecule has 1 aliphatic rings. The van der Waals surface area contributed by atoms with Gasteiger partial charge in [0.15, 0.2) is 0 Å². The molecule has 1 atom stereocenters. The minimum atomic E-state index is 0.461. The molecule has 18 heavy (non-hydrogen) atoms. The van der Waals surface area contributed by atoms with Gasteiger partial charge in [-0.3, -0.25) is 4.98 Å². The SMILES string of the molecule is c1cncc(OCC2CCNc3ccccc32)c1. The minimum Gasteiger partial charge on any atom is -0.491 e. The fraction of sp³-hybridized carbons (Fsp3) is 0.267. The van der Waals surface area contributed by atoms with Crippen molar-refractivity contribution in [1.29, 1.82) is 0 Å². The van der Waals surface area contributed by atoms with E-state index >= 15 is 0 Å². The highest BCUT2D eigenvalue weighted by Gasteiger charge is 2.19. The number of pyridine rings is 1. The van der Waals surface area contributed by atoms with Gasteiger partial charge in [-0.1, -0.05) is 18.2 Å². The first-order valence-electron chi connectivity index (χ1n) is 6.29. The number of nitrogens with one attached hydrogen (secondary N) is 1. The lowest BCUT2D eigenvalue weighted by molar-refractivity contribution is 0.281. The molecular weight excluding hydrogens is 224 g/mol. The van der Waals surface area contributed by atoms with E-state index in [-0.39, 0.29) is 0 Å².